The van der Waals surface area contributed by atoms with Crippen molar-refractivity contribution >= 4 is 5.97 Å². The molecule has 2 rings (SSSR count). The van der Waals surface area contributed by atoms with Crippen LogP contribution in [-0.4, -0.2) is 23.7 Å². The first-order chi connectivity index (χ1) is 9.50. The van der Waals surface area contributed by atoms with Gasteiger partial charge in [0.15, 0.2) is 0 Å². The standard InChI is InChI=1S/C16H23NO3/c1-3-6-16(10-17,15(18)19)9-13-8-12-7-11(2)4-5-14(12)20-13/h4-5,7,13H,3,6,8-10,17H2,1-2H3,(H,18,19). The summed E-state index contributed by atoms with van der Waals surface area (Å²) in [5, 5.41) is 9.54. The van der Waals surface area contributed by atoms with Gasteiger partial charge in [0.1, 0.15) is 11.9 Å². The second-order valence-corrected chi connectivity index (χ2v) is 5.80. The van der Waals surface area contributed by atoms with Crippen LogP contribution in [0.15, 0.2) is 18.2 Å². The second kappa shape index (κ2) is 5.83. The molecule has 0 spiro atoms. The third-order valence-corrected chi connectivity index (χ3v) is 4.15. The van der Waals surface area contributed by atoms with Crippen LogP contribution in [0.2, 0.25) is 0 Å². The first-order valence-electron chi connectivity index (χ1n) is 7.20. The summed E-state index contributed by atoms with van der Waals surface area (Å²) in [4.78, 5) is 11.6. The molecule has 110 valence electrons. The topological polar surface area (TPSA) is 72.5 Å². The Morgan fingerprint density at radius 1 is 1.55 bits per heavy atom. The Balaban J connectivity index is 2.13. The van der Waals surface area contributed by atoms with E-state index in [0.29, 0.717) is 12.8 Å². The minimum atomic E-state index is -0.865. The van der Waals surface area contributed by atoms with E-state index in [9.17, 15) is 9.90 Å². The van der Waals surface area contributed by atoms with Gasteiger partial charge in [-0.1, -0.05) is 31.0 Å². The molecular weight excluding hydrogens is 254 g/mol. The van der Waals surface area contributed by atoms with Crippen LogP contribution in [0.5, 0.6) is 5.75 Å². The van der Waals surface area contributed by atoms with Gasteiger partial charge in [0.25, 0.3) is 0 Å². The van der Waals surface area contributed by atoms with Crippen LogP contribution in [0.4, 0.5) is 0 Å². The highest BCUT2D eigenvalue weighted by Crippen LogP contribution is 2.37. The largest absolute Gasteiger partial charge is 0.490 e. The number of hydrogen-bond acceptors (Lipinski definition) is 3. The number of fused-ring (bicyclic) bond motifs is 1. The molecule has 4 nitrogen and oxygen atoms in total. The van der Waals surface area contributed by atoms with E-state index in [-0.39, 0.29) is 12.6 Å². The lowest BCUT2D eigenvalue weighted by Gasteiger charge is -2.29. The molecule has 1 heterocycles. The van der Waals surface area contributed by atoms with Crippen molar-refractivity contribution in [3.8, 4) is 5.75 Å². The van der Waals surface area contributed by atoms with E-state index < -0.39 is 11.4 Å². The highest BCUT2D eigenvalue weighted by atomic mass is 16.5. The van der Waals surface area contributed by atoms with Gasteiger partial charge in [-0.25, -0.2) is 0 Å². The number of carboxylic acids is 1. The first kappa shape index (κ1) is 14.9. The monoisotopic (exact) mass is 277 g/mol. The number of hydrogen-bond donors (Lipinski definition) is 2. The van der Waals surface area contributed by atoms with E-state index >= 15 is 0 Å². The average Bonchev–Trinajstić information content (AvgIpc) is 2.79. The van der Waals surface area contributed by atoms with E-state index in [1.54, 1.807) is 0 Å². The fraction of sp³-hybridized carbons (Fsp3) is 0.562. The summed E-state index contributed by atoms with van der Waals surface area (Å²) in [7, 11) is 0. The molecule has 2 unspecified atom stereocenters. The number of ether oxygens (including phenoxy) is 1. The fourth-order valence-electron chi connectivity index (χ4n) is 3.05. The Kier molecular flexibility index (Phi) is 4.33. The van der Waals surface area contributed by atoms with Crippen molar-refractivity contribution < 1.29 is 14.6 Å². The third-order valence-electron chi connectivity index (χ3n) is 4.15. The van der Waals surface area contributed by atoms with E-state index in [1.165, 1.54) is 11.1 Å². The van der Waals surface area contributed by atoms with Gasteiger partial charge in [0, 0.05) is 19.4 Å². The third kappa shape index (κ3) is 2.80. The van der Waals surface area contributed by atoms with E-state index in [2.05, 4.69) is 6.07 Å². The Morgan fingerprint density at radius 2 is 2.30 bits per heavy atom. The molecule has 1 aliphatic rings. The van der Waals surface area contributed by atoms with Crippen molar-refractivity contribution in [2.45, 2.75) is 45.6 Å². The number of benzene rings is 1. The minimum Gasteiger partial charge on any atom is -0.490 e. The van der Waals surface area contributed by atoms with E-state index in [0.717, 1.165) is 18.6 Å². The number of carbonyl (C=O) groups is 1. The zero-order valence-electron chi connectivity index (χ0n) is 12.2. The van der Waals surface area contributed by atoms with Gasteiger partial charge in [-0.3, -0.25) is 4.79 Å². The van der Waals surface area contributed by atoms with Gasteiger partial charge in [0.2, 0.25) is 0 Å². The Hall–Kier alpha value is -1.55. The molecule has 3 N–H and O–H groups in total. The lowest BCUT2D eigenvalue weighted by atomic mass is 9.78. The normalized spacial score (nSPS) is 20.1. The maximum atomic E-state index is 11.6. The van der Waals surface area contributed by atoms with Gasteiger partial charge < -0.3 is 15.6 Å². The van der Waals surface area contributed by atoms with Crippen molar-refractivity contribution in [3.05, 3.63) is 29.3 Å². The van der Waals surface area contributed by atoms with Gasteiger partial charge in [0.05, 0.1) is 5.41 Å². The second-order valence-electron chi connectivity index (χ2n) is 5.80. The molecule has 0 saturated heterocycles. The zero-order valence-corrected chi connectivity index (χ0v) is 12.2. The van der Waals surface area contributed by atoms with Crippen LogP contribution in [0, 0.1) is 12.3 Å². The molecule has 0 aliphatic carbocycles. The maximum Gasteiger partial charge on any atom is 0.311 e. The van der Waals surface area contributed by atoms with Gasteiger partial charge in [-0.05, 0) is 25.0 Å². The van der Waals surface area contributed by atoms with Crippen molar-refractivity contribution in [1.29, 1.82) is 0 Å². The Bertz CT molecular complexity index is 500. The molecule has 0 bridgehead atoms. The molecule has 0 aromatic heterocycles. The molecule has 1 aromatic rings. The number of rotatable bonds is 6. The Labute approximate surface area is 119 Å². The van der Waals surface area contributed by atoms with Crippen molar-refractivity contribution in [1.82, 2.24) is 0 Å². The van der Waals surface area contributed by atoms with E-state index in [1.807, 2.05) is 26.0 Å². The number of carboxylic acid groups (broad SMARTS) is 1. The van der Waals surface area contributed by atoms with Crippen molar-refractivity contribution in [2.24, 2.45) is 11.1 Å². The highest BCUT2D eigenvalue weighted by Gasteiger charge is 2.40. The molecule has 0 amide bonds. The maximum absolute atomic E-state index is 11.6. The van der Waals surface area contributed by atoms with Crippen molar-refractivity contribution in [2.75, 3.05) is 6.54 Å². The summed E-state index contributed by atoms with van der Waals surface area (Å²) >= 11 is 0. The first-order valence-corrected chi connectivity index (χ1v) is 7.20. The lowest BCUT2D eigenvalue weighted by molar-refractivity contribution is -0.150. The van der Waals surface area contributed by atoms with Crippen LogP contribution < -0.4 is 10.5 Å². The molecule has 2 atom stereocenters. The lowest BCUT2D eigenvalue weighted by Crippen LogP contribution is -2.42. The minimum absolute atomic E-state index is 0.0852. The molecular formula is C16H23NO3. The molecule has 0 saturated carbocycles. The summed E-state index contributed by atoms with van der Waals surface area (Å²) < 4.78 is 5.90. The Morgan fingerprint density at radius 3 is 2.90 bits per heavy atom. The molecule has 1 aromatic carbocycles. The van der Waals surface area contributed by atoms with Gasteiger partial charge in [-0.15, -0.1) is 0 Å². The smallest absolute Gasteiger partial charge is 0.311 e. The molecule has 4 heteroatoms. The number of aryl methyl sites for hydroxylation is 1. The van der Waals surface area contributed by atoms with Crippen LogP contribution in [0.3, 0.4) is 0 Å². The highest BCUT2D eigenvalue weighted by molar-refractivity contribution is 5.75. The molecule has 20 heavy (non-hydrogen) atoms. The van der Waals surface area contributed by atoms with Crippen LogP contribution in [-0.2, 0) is 11.2 Å². The molecule has 0 radical (unpaired) electrons. The number of nitrogens with two attached hydrogens (primary N) is 1. The predicted octanol–water partition coefficient (Wildman–Crippen LogP) is 2.52. The van der Waals surface area contributed by atoms with Gasteiger partial charge in [-0.2, -0.15) is 0 Å². The van der Waals surface area contributed by atoms with E-state index in [4.69, 9.17) is 10.5 Å². The molecule has 1 aliphatic heterocycles. The fourth-order valence-corrected chi connectivity index (χ4v) is 3.05. The van der Waals surface area contributed by atoms with Crippen molar-refractivity contribution in [3.63, 3.8) is 0 Å². The summed E-state index contributed by atoms with van der Waals surface area (Å²) in [6, 6.07) is 6.09. The van der Waals surface area contributed by atoms with Crippen LogP contribution in [0.25, 0.3) is 0 Å². The SMILES string of the molecule is CCCC(CN)(CC1Cc2cc(C)ccc2O1)C(=O)O. The summed E-state index contributed by atoms with van der Waals surface area (Å²) in [6.45, 7) is 4.19. The van der Waals surface area contributed by atoms with Gasteiger partial charge >= 0.3 is 5.97 Å². The summed E-state index contributed by atoms with van der Waals surface area (Å²) in [5.41, 5.74) is 7.27. The zero-order chi connectivity index (χ0) is 14.8. The quantitative estimate of drug-likeness (QED) is 0.838. The summed E-state index contributed by atoms with van der Waals surface area (Å²) in [6.07, 6.45) is 2.56. The number of aliphatic carboxylic acids is 1. The van der Waals surface area contributed by atoms with Crippen LogP contribution >= 0.6 is 0 Å². The summed E-state index contributed by atoms with van der Waals surface area (Å²) in [5.74, 6) is 0.0750. The predicted molar refractivity (Wildman–Crippen MR) is 77.9 cm³/mol. The van der Waals surface area contributed by atoms with Crippen LogP contribution in [0.1, 0.15) is 37.3 Å². The molecule has 0 fully saturated rings. The average molecular weight is 277 g/mol.